The Bertz CT molecular complexity index is 838. The second-order valence-electron chi connectivity index (χ2n) is 6.31. The molecule has 0 aliphatic rings. The summed E-state index contributed by atoms with van der Waals surface area (Å²) in [7, 11) is 0. The van der Waals surface area contributed by atoms with Gasteiger partial charge in [-0.2, -0.15) is 0 Å². The minimum Gasteiger partial charge on any atom is -0.480 e. The Kier molecular flexibility index (Phi) is 7.20. The van der Waals surface area contributed by atoms with Gasteiger partial charge in [-0.15, -0.1) is 0 Å². The Labute approximate surface area is 160 Å². The molecule has 2 amide bonds. The average molecular weight is 390 g/mol. The minimum absolute atomic E-state index is 0.0509. The largest absolute Gasteiger partial charge is 0.480 e. The predicted molar refractivity (Wildman–Crippen MR) is 97.4 cm³/mol. The van der Waals surface area contributed by atoms with E-state index in [9.17, 15) is 28.3 Å². The molecule has 0 aliphatic heterocycles. The fourth-order valence-corrected chi connectivity index (χ4v) is 2.64. The molecule has 0 spiro atoms. The van der Waals surface area contributed by atoms with Crippen molar-refractivity contribution in [3.05, 3.63) is 71.3 Å². The zero-order valence-corrected chi connectivity index (χ0v) is 15.1. The Hall–Kier alpha value is -3.29. The van der Waals surface area contributed by atoms with Gasteiger partial charge in [0.1, 0.15) is 23.7 Å². The first-order valence-electron chi connectivity index (χ1n) is 8.53. The molecule has 0 aliphatic carbocycles. The Balaban J connectivity index is 2.11. The van der Waals surface area contributed by atoms with Gasteiger partial charge in [0.05, 0.1) is 0 Å². The highest BCUT2D eigenvalue weighted by Gasteiger charge is 2.26. The number of aliphatic carboxylic acids is 1. The van der Waals surface area contributed by atoms with Gasteiger partial charge in [-0.25, -0.2) is 13.6 Å². The maximum Gasteiger partial charge on any atom is 0.326 e. The smallest absolute Gasteiger partial charge is 0.326 e. The number of carbonyl (C=O) groups is 3. The van der Waals surface area contributed by atoms with E-state index in [-0.39, 0.29) is 12.8 Å². The maximum absolute atomic E-state index is 13.0. The van der Waals surface area contributed by atoms with Crippen LogP contribution in [0.15, 0.2) is 48.5 Å². The molecular weight excluding hydrogens is 370 g/mol. The number of carbonyl (C=O) groups excluding carboxylic acids is 2. The number of hydrogen-bond acceptors (Lipinski definition) is 3. The fraction of sp³-hybridized carbons (Fsp3) is 0.250. The molecule has 0 heterocycles. The van der Waals surface area contributed by atoms with Gasteiger partial charge >= 0.3 is 5.97 Å². The Morgan fingerprint density at radius 1 is 0.821 bits per heavy atom. The highest BCUT2D eigenvalue weighted by atomic mass is 19.1. The topological polar surface area (TPSA) is 95.5 Å². The first-order valence-corrected chi connectivity index (χ1v) is 8.53. The molecule has 28 heavy (non-hydrogen) atoms. The van der Waals surface area contributed by atoms with Crippen LogP contribution in [0.5, 0.6) is 0 Å². The highest BCUT2D eigenvalue weighted by molar-refractivity contribution is 5.90. The van der Waals surface area contributed by atoms with E-state index in [2.05, 4.69) is 10.6 Å². The highest BCUT2D eigenvalue weighted by Crippen LogP contribution is 2.09. The summed E-state index contributed by atoms with van der Waals surface area (Å²) in [5.74, 6) is -3.30. The Morgan fingerprint density at radius 3 is 1.64 bits per heavy atom. The summed E-state index contributed by atoms with van der Waals surface area (Å²) in [5, 5.41) is 14.3. The van der Waals surface area contributed by atoms with E-state index < -0.39 is 41.5 Å². The van der Waals surface area contributed by atoms with Crippen LogP contribution in [0.4, 0.5) is 8.78 Å². The molecule has 0 fully saturated rings. The van der Waals surface area contributed by atoms with E-state index in [0.29, 0.717) is 11.1 Å². The summed E-state index contributed by atoms with van der Waals surface area (Å²) in [6, 6.07) is 8.38. The number of halogens is 2. The van der Waals surface area contributed by atoms with Crippen molar-refractivity contribution in [2.75, 3.05) is 0 Å². The number of benzene rings is 2. The van der Waals surface area contributed by atoms with Gasteiger partial charge in [-0.05, 0) is 35.4 Å². The van der Waals surface area contributed by atoms with Crippen molar-refractivity contribution >= 4 is 17.8 Å². The van der Waals surface area contributed by atoms with Crippen LogP contribution < -0.4 is 10.6 Å². The van der Waals surface area contributed by atoms with Crippen LogP contribution in [0.1, 0.15) is 18.1 Å². The summed E-state index contributed by atoms with van der Waals surface area (Å²) in [6.07, 6.45) is 0.0132. The van der Waals surface area contributed by atoms with Crippen molar-refractivity contribution < 1.29 is 28.3 Å². The fourth-order valence-electron chi connectivity index (χ4n) is 2.64. The molecule has 2 aromatic carbocycles. The second kappa shape index (κ2) is 9.59. The maximum atomic E-state index is 13.0. The molecule has 148 valence electrons. The number of hydrogen-bond donors (Lipinski definition) is 3. The summed E-state index contributed by atoms with van der Waals surface area (Å²) < 4.78 is 26.1. The van der Waals surface area contributed by atoms with Crippen LogP contribution >= 0.6 is 0 Å². The summed E-state index contributed by atoms with van der Waals surface area (Å²) in [5.41, 5.74) is 1.13. The number of amides is 2. The van der Waals surface area contributed by atoms with Crippen molar-refractivity contribution in [1.29, 1.82) is 0 Å². The molecule has 0 bridgehead atoms. The quantitative estimate of drug-likeness (QED) is 0.641. The molecule has 0 radical (unpaired) electrons. The average Bonchev–Trinajstić information content (AvgIpc) is 2.63. The lowest BCUT2D eigenvalue weighted by Crippen LogP contribution is -2.52. The summed E-state index contributed by atoms with van der Waals surface area (Å²) in [4.78, 5) is 35.6. The van der Waals surface area contributed by atoms with Crippen molar-refractivity contribution in [3.8, 4) is 0 Å². The van der Waals surface area contributed by atoms with Gasteiger partial charge in [0, 0.05) is 19.8 Å². The van der Waals surface area contributed by atoms with Crippen molar-refractivity contribution in [2.24, 2.45) is 0 Å². The first kappa shape index (κ1) is 21.0. The number of nitrogens with one attached hydrogen (secondary N) is 2. The van der Waals surface area contributed by atoms with E-state index in [1.807, 2.05) is 0 Å². The van der Waals surface area contributed by atoms with E-state index in [4.69, 9.17) is 0 Å². The van der Waals surface area contributed by atoms with Gasteiger partial charge in [0.2, 0.25) is 11.8 Å². The molecule has 0 aromatic heterocycles. The van der Waals surface area contributed by atoms with Crippen molar-refractivity contribution in [3.63, 3.8) is 0 Å². The van der Waals surface area contributed by atoms with E-state index in [0.717, 1.165) is 0 Å². The molecule has 3 N–H and O–H groups in total. The first-order chi connectivity index (χ1) is 13.2. The normalized spacial score (nSPS) is 12.7. The molecule has 0 unspecified atom stereocenters. The van der Waals surface area contributed by atoms with Gasteiger partial charge < -0.3 is 15.7 Å². The molecular formula is C20H20F2N2O4. The predicted octanol–water partition coefficient (Wildman–Crippen LogP) is 1.82. The van der Waals surface area contributed by atoms with Gasteiger partial charge in [0.15, 0.2) is 0 Å². The van der Waals surface area contributed by atoms with Crippen LogP contribution in [0.2, 0.25) is 0 Å². The van der Waals surface area contributed by atoms with Crippen LogP contribution in [0, 0.1) is 11.6 Å². The van der Waals surface area contributed by atoms with Gasteiger partial charge in [0.25, 0.3) is 0 Å². The SMILES string of the molecule is CC(=O)N[C@@H](Cc1ccc(F)cc1)C(=O)N[C@@H](Cc1ccc(F)cc1)C(=O)O. The zero-order valence-electron chi connectivity index (χ0n) is 15.1. The van der Waals surface area contributed by atoms with E-state index in [1.165, 1.54) is 55.5 Å². The summed E-state index contributed by atoms with van der Waals surface area (Å²) >= 11 is 0. The molecule has 2 rings (SSSR count). The standard InChI is InChI=1S/C20H20F2N2O4/c1-12(25)23-17(10-13-2-6-15(21)7-3-13)19(26)24-18(20(27)28)11-14-4-8-16(22)9-5-14/h2-9,17-18H,10-11H2,1H3,(H,23,25)(H,24,26)(H,27,28)/t17-,18-/m0/s1. The van der Waals surface area contributed by atoms with Gasteiger partial charge in [-0.3, -0.25) is 9.59 Å². The van der Waals surface area contributed by atoms with Crippen LogP contribution in [0.25, 0.3) is 0 Å². The molecule has 0 saturated heterocycles. The molecule has 2 aromatic rings. The second-order valence-corrected chi connectivity index (χ2v) is 6.31. The van der Waals surface area contributed by atoms with Crippen molar-refractivity contribution in [1.82, 2.24) is 10.6 Å². The van der Waals surface area contributed by atoms with Crippen molar-refractivity contribution in [2.45, 2.75) is 31.8 Å². The Morgan fingerprint density at radius 2 is 1.25 bits per heavy atom. The summed E-state index contributed by atoms with van der Waals surface area (Å²) in [6.45, 7) is 1.23. The lowest BCUT2D eigenvalue weighted by atomic mass is 10.0. The minimum atomic E-state index is -1.26. The van der Waals surface area contributed by atoms with Crippen LogP contribution in [-0.2, 0) is 27.2 Å². The lowest BCUT2D eigenvalue weighted by Gasteiger charge is -2.21. The number of carboxylic acid groups (broad SMARTS) is 1. The van der Waals surface area contributed by atoms with Crippen LogP contribution in [0.3, 0.4) is 0 Å². The molecule has 6 nitrogen and oxygen atoms in total. The third-order valence-corrected chi connectivity index (χ3v) is 4.01. The van der Waals surface area contributed by atoms with Gasteiger partial charge in [-0.1, -0.05) is 24.3 Å². The third-order valence-electron chi connectivity index (χ3n) is 4.01. The number of rotatable bonds is 8. The molecule has 2 atom stereocenters. The van der Waals surface area contributed by atoms with E-state index in [1.54, 1.807) is 0 Å². The number of carboxylic acids is 1. The molecule has 8 heteroatoms. The third kappa shape index (κ3) is 6.46. The van der Waals surface area contributed by atoms with Crippen LogP contribution in [-0.4, -0.2) is 35.0 Å². The van der Waals surface area contributed by atoms with E-state index >= 15 is 0 Å². The molecule has 0 saturated carbocycles. The monoisotopic (exact) mass is 390 g/mol. The zero-order chi connectivity index (χ0) is 20.7. The lowest BCUT2D eigenvalue weighted by molar-refractivity contribution is -0.142.